The summed E-state index contributed by atoms with van der Waals surface area (Å²) in [5, 5.41) is 0. The molecule has 2 fully saturated rings. The third kappa shape index (κ3) is 3.46. The fraction of sp³-hybridized carbons (Fsp3) is 1.00. The Labute approximate surface area is 112 Å². The van der Waals surface area contributed by atoms with Crippen LogP contribution in [0.4, 0.5) is 0 Å². The van der Waals surface area contributed by atoms with Gasteiger partial charge in [0.05, 0.1) is 12.2 Å². The monoisotopic (exact) mass is 254 g/mol. The molecule has 0 amide bonds. The molecule has 1 aliphatic carbocycles. The van der Waals surface area contributed by atoms with Crippen molar-refractivity contribution in [2.45, 2.75) is 70.6 Å². The minimum atomic E-state index is -0.00430. The lowest BCUT2D eigenvalue weighted by molar-refractivity contribution is -0.104. The first-order valence-electron chi connectivity index (χ1n) is 7.65. The Morgan fingerprint density at radius 1 is 1.33 bits per heavy atom. The van der Waals surface area contributed by atoms with Crippen molar-refractivity contribution in [3.63, 3.8) is 0 Å². The molecule has 1 saturated heterocycles. The van der Waals surface area contributed by atoms with Crippen molar-refractivity contribution in [1.82, 2.24) is 4.90 Å². The first-order valence-corrected chi connectivity index (χ1v) is 7.65. The second-order valence-corrected chi connectivity index (χ2v) is 6.78. The molecule has 2 aliphatic rings. The van der Waals surface area contributed by atoms with Crippen LogP contribution in [0.5, 0.6) is 0 Å². The summed E-state index contributed by atoms with van der Waals surface area (Å²) in [5.41, 5.74) is 6.37. The molecule has 3 atom stereocenters. The van der Waals surface area contributed by atoms with Crippen molar-refractivity contribution >= 4 is 0 Å². The highest BCUT2D eigenvalue weighted by Crippen LogP contribution is 2.32. The van der Waals surface area contributed by atoms with E-state index in [4.69, 9.17) is 10.5 Å². The average molecular weight is 254 g/mol. The highest BCUT2D eigenvalue weighted by atomic mass is 16.5. The van der Waals surface area contributed by atoms with Crippen molar-refractivity contribution in [2.24, 2.45) is 11.7 Å². The standard InChI is InChI=1S/C15H30N2O/c1-4-5-12-6-7-13(16)14(10-12)17-8-9-18-15(2,3)11-17/h12-14H,4-11,16H2,1-3H3. The third-order valence-electron chi connectivity index (χ3n) is 4.60. The zero-order valence-corrected chi connectivity index (χ0v) is 12.3. The maximum absolute atomic E-state index is 6.37. The molecule has 1 aliphatic heterocycles. The maximum atomic E-state index is 6.37. The van der Waals surface area contributed by atoms with Gasteiger partial charge in [0.1, 0.15) is 0 Å². The Balaban J connectivity index is 1.96. The molecule has 18 heavy (non-hydrogen) atoms. The van der Waals surface area contributed by atoms with Gasteiger partial charge >= 0.3 is 0 Å². The van der Waals surface area contributed by atoms with Crippen LogP contribution in [0.3, 0.4) is 0 Å². The van der Waals surface area contributed by atoms with Crippen molar-refractivity contribution in [3.05, 3.63) is 0 Å². The van der Waals surface area contributed by atoms with Gasteiger partial charge < -0.3 is 10.5 Å². The maximum Gasteiger partial charge on any atom is 0.0753 e. The van der Waals surface area contributed by atoms with Crippen molar-refractivity contribution in [3.8, 4) is 0 Å². The summed E-state index contributed by atoms with van der Waals surface area (Å²) in [5.74, 6) is 0.894. The quantitative estimate of drug-likeness (QED) is 0.840. The Kier molecular flexibility index (Phi) is 4.68. The van der Waals surface area contributed by atoms with Crippen LogP contribution >= 0.6 is 0 Å². The second kappa shape index (κ2) is 5.89. The van der Waals surface area contributed by atoms with Gasteiger partial charge in [0.25, 0.3) is 0 Å². The third-order valence-corrected chi connectivity index (χ3v) is 4.60. The molecular formula is C15H30N2O. The van der Waals surface area contributed by atoms with E-state index >= 15 is 0 Å². The van der Waals surface area contributed by atoms with E-state index in [1.54, 1.807) is 0 Å². The fourth-order valence-corrected chi connectivity index (χ4v) is 3.68. The van der Waals surface area contributed by atoms with Crippen LogP contribution in [0, 0.1) is 5.92 Å². The first-order chi connectivity index (χ1) is 8.52. The summed E-state index contributed by atoms with van der Waals surface area (Å²) < 4.78 is 5.81. The molecule has 0 aromatic carbocycles. The Morgan fingerprint density at radius 2 is 2.11 bits per heavy atom. The van der Waals surface area contributed by atoms with Crippen LogP contribution in [-0.4, -0.2) is 42.3 Å². The fourth-order valence-electron chi connectivity index (χ4n) is 3.68. The van der Waals surface area contributed by atoms with Crippen LogP contribution in [-0.2, 0) is 4.74 Å². The largest absolute Gasteiger partial charge is 0.373 e. The molecule has 0 bridgehead atoms. The van der Waals surface area contributed by atoms with E-state index in [0.717, 1.165) is 25.6 Å². The van der Waals surface area contributed by atoms with Gasteiger partial charge in [-0.3, -0.25) is 4.90 Å². The number of rotatable bonds is 3. The van der Waals surface area contributed by atoms with Gasteiger partial charge in [-0.25, -0.2) is 0 Å². The molecule has 1 saturated carbocycles. The molecule has 3 unspecified atom stereocenters. The lowest BCUT2D eigenvalue weighted by Crippen LogP contribution is -2.58. The molecular weight excluding hydrogens is 224 g/mol. The molecule has 1 heterocycles. The molecule has 0 spiro atoms. The van der Waals surface area contributed by atoms with Crippen LogP contribution in [0.25, 0.3) is 0 Å². The van der Waals surface area contributed by atoms with Gasteiger partial charge in [-0.1, -0.05) is 19.8 Å². The van der Waals surface area contributed by atoms with E-state index in [1.807, 2.05) is 0 Å². The van der Waals surface area contributed by atoms with E-state index in [0.29, 0.717) is 12.1 Å². The molecule has 0 aromatic rings. The predicted molar refractivity (Wildman–Crippen MR) is 75.6 cm³/mol. The van der Waals surface area contributed by atoms with Crippen molar-refractivity contribution in [2.75, 3.05) is 19.7 Å². The van der Waals surface area contributed by atoms with Crippen LogP contribution in [0.1, 0.15) is 52.9 Å². The summed E-state index contributed by atoms with van der Waals surface area (Å²) >= 11 is 0. The second-order valence-electron chi connectivity index (χ2n) is 6.78. The molecule has 2 N–H and O–H groups in total. The molecule has 106 valence electrons. The van der Waals surface area contributed by atoms with Crippen molar-refractivity contribution < 1.29 is 4.74 Å². The smallest absolute Gasteiger partial charge is 0.0753 e. The zero-order chi connectivity index (χ0) is 13.2. The van der Waals surface area contributed by atoms with Gasteiger partial charge in [-0.05, 0) is 39.0 Å². The minimum absolute atomic E-state index is 0.00430. The highest BCUT2D eigenvalue weighted by molar-refractivity contribution is 4.92. The Hall–Kier alpha value is -0.120. The number of hydrogen-bond donors (Lipinski definition) is 1. The van der Waals surface area contributed by atoms with E-state index in [-0.39, 0.29) is 5.60 Å². The Bertz CT molecular complexity index is 267. The molecule has 3 nitrogen and oxygen atoms in total. The number of morpholine rings is 1. The number of nitrogens with zero attached hydrogens (tertiary/aromatic N) is 1. The lowest BCUT2D eigenvalue weighted by Gasteiger charge is -2.47. The lowest BCUT2D eigenvalue weighted by atomic mass is 9.79. The predicted octanol–water partition coefficient (Wildman–Crippen LogP) is 2.39. The van der Waals surface area contributed by atoms with Gasteiger partial charge in [0.15, 0.2) is 0 Å². The summed E-state index contributed by atoms with van der Waals surface area (Å²) in [6, 6.07) is 0.950. The number of ether oxygens (including phenoxy) is 1. The van der Waals surface area contributed by atoms with Crippen molar-refractivity contribution in [1.29, 1.82) is 0 Å². The van der Waals surface area contributed by atoms with Gasteiger partial charge in [0, 0.05) is 25.2 Å². The van der Waals surface area contributed by atoms with E-state index in [2.05, 4.69) is 25.7 Å². The van der Waals surface area contributed by atoms with Crippen LogP contribution < -0.4 is 5.73 Å². The van der Waals surface area contributed by atoms with E-state index < -0.39 is 0 Å². The first kappa shape index (κ1) is 14.3. The SMILES string of the molecule is CCCC1CCC(N)C(N2CCOC(C)(C)C2)C1. The molecule has 0 aromatic heterocycles. The summed E-state index contributed by atoms with van der Waals surface area (Å²) in [6.07, 6.45) is 6.51. The van der Waals surface area contributed by atoms with Gasteiger partial charge in [-0.2, -0.15) is 0 Å². The van der Waals surface area contributed by atoms with Crippen LogP contribution in [0.2, 0.25) is 0 Å². The summed E-state index contributed by atoms with van der Waals surface area (Å²) in [4.78, 5) is 2.59. The van der Waals surface area contributed by atoms with Gasteiger partial charge in [-0.15, -0.1) is 0 Å². The van der Waals surface area contributed by atoms with Gasteiger partial charge in [0.2, 0.25) is 0 Å². The van der Waals surface area contributed by atoms with E-state index in [9.17, 15) is 0 Å². The normalized spacial score (nSPS) is 37.7. The molecule has 2 rings (SSSR count). The zero-order valence-electron chi connectivity index (χ0n) is 12.3. The molecule has 3 heteroatoms. The van der Waals surface area contributed by atoms with Crippen LogP contribution in [0.15, 0.2) is 0 Å². The average Bonchev–Trinajstić information content (AvgIpc) is 2.30. The minimum Gasteiger partial charge on any atom is -0.373 e. The Morgan fingerprint density at radius 3 is 2.78 bits per heavy atom. The highest BCUT2D eigenvalue weighted by Gasteiger charge is 2.36. The number of nitrogens with two attached hydrogens (primary N) is 1. The number of hydrogen-bond acceptors (Lipinski definition) is 3. The topological polar surface area (TPSA) is 38.5 Å². The summed E-state index contributed by atoms with van der Waals surface area (Å²) in [6.45, 7) is 9.62. The van der Waals surface area contributed by atoms with E-state index in [1.165, 1.54) is 32.1 Å². The molecule has 0 radical (unpaired) electrons. The summed E-state index contributed by atoms with van der Waals surface area (Å²) in [7, 11) is 0.